The second kappa shape index (κ2) is 10.3. The Labute approximate surface area is 144 Å². The normalized spacial score (nSPS) is 17.3. The van der Waals surface area contributed by atoms with Crippen molar-refractivity contribution >= 4 is 11.8 Å². The molecule has 5 heteroatoms. The van der Waals surface area contributed by atoms with Gasteiger partial charge in [-0.25, -0.2) is 0 Å². The molecule has 4 nitrogen and oxygen atoms in total. The Bertz CT molecular complexity index is 442. The molecular weight excluding hydrogens is 310 g/mol. The highest BCUT2D eigenvalue weighted by Crippen LogP contribution is 2.31. The summed E-state index contributed by atoms with van der Waals surface area (Å²) in [6.45, 7) is 4.00. The van der Waals surface area contributed by atoms with Crippen LogP contribution in [-0.4, -0.2) is 27.0 Å². The topological polar surface area (TPSA) is 86.7 Å². The lowest BCUT2D eigenvalue weighted by Gasteiger charge is -2.22. The van der Waals surface area contributed by atoms with Crippen molar-refractivity contribution in [1.29, 1.82) is 0 Å². The van der Waals surface area contributed by atoms with Crippen LogP contribution in [0.3, 0.4) is 0 Å². The zero-order valence-electron chi connectivity index (χ0n) is 14.2. The molecule has 1 aliphatic carbocycles. The van der Waals surface area contributed by atoms with Gasteiger partial charge in [0.2, 0.25) is 5.91 Å². The predicted octanol–water partition coefficient (Wildman–Crippen LogP) is 3.41. The Kier molecular flexibility index (Phi) is 9.17. The second-order valence-electron chi connectivity index (χ2n) is 5.99. The van der Waals surface area contributed by atoms with Gasteiger partial charge in [-0.05, 0) is 36.5 Å². The highest BCUT2D eigenvalue weighted by atomic mass is 32.2. The maximum absolute atomic E-state index is 9.99. The molecule has 0 aliphatic heterocycles. The molecule has 1 atom stereocenters. The van der Waals surface area contributed by atoms with Crippen LogP contribution in [0.4, 0.5) is 0 Å². The lowest BCUT2D eigenvalue weighted by molar-refractivity contribution is -0.176. The van der Waals surface area contributed by atoms with Gasteiger partial charge in [0.25, 0.3) is 0 Å². The third kappa shape index (κ3) is 8.18. The second-order valence-corrected chi connectivity index (χ2v) is 7.08. The fourth-order valence-electron chi connectivity index (χ4n) is 2.78. The number of hydrogen-bond donors (Lipinski definition) is 4. The van der Waals surface area contributed by atoms with Gasteiger partial charge < -0.3 is 15.3 Å². The van der Waals surface area contributed by atoms with E-state index in [-0.39, 0.29) is 6.42 Å². The summed E-state index contributed by atoms with van der Waals surface area (Å²) < 4.78 is 0. The van der Waals surface area contributed by atoms with Crippen LogP contribution >= 0.6 is 11.8 Å². The van der Waals surface area contributed by atoms with Gasteiger partial charge in [-0.15, -0.1) is 11.8 Å². The summed E-state index contributed by atoms with van der Waals surface area (Å²) in [5, 5.41) is 28.3. The number of benzene rings is 1. The van der Waals surface area contributed by atoms with Crippen molar-refractivity contribution in [3.8, 4) is 0 Å². The minimum Gasteiger partial charge on any atom is -0.388 e. The fraction of sp³-hybridized carbons (Fsp3) is 0.667. The summed E-state index contributed by atoms with van der Waals surface area (Å²) in [5.74, 6) is -0.436. The quantitative estimate of drug-likeness (QED) is 0.470. The van der Waals surface area contributed by atoms with Gasteiger partial charge in [0.1, 0.15) is 0 Å². The van der Waals surface area contributed by atoms with Crippen LogP contribution in [0.25, 0.3) is 0 Å². The van der Waals surface area contributed by atoms with Gasteiger partial charge in [0, 0.05) is 17.1 Å². The third-order valence-electron chi connectivity index (χ3n) is 3.95. The van der Waals surface area contributed by atoms with Crippen molar-refractivity contribution in [3.63, 3.8) is 0 Å². The van der Waals surface area contributed by atoms with Crippen LogP contribution in [0.1, 0.15) is 64.0 Å². The predicted molar refractivity (Wildman–Crippen MR) is 96.0 cm³/mol. The van der Waals surface area contributed by atoms with Gasteiger partial charge in [0.05, 0.1) is 6.10 Å². The van der Waals surface area contributed by atoms with E-state index in [1.807, 2.05) is 43.8 Å². The highest BCUT2D eigenvalue weighted by molar-refractivity contribution is 7.99. The zero-order chi connectivity index (χ0) is 17.3. The molecule has 2 rings (SSSR count). The Hall–Kier alpha value is -0.590. The van der Waals surface area contributed by atoms with E-state index in [9.17, 15) is 5.11 Å². The summed E-state index contributed by atoms with van der Waals surface area (Å²) in [6.07, 6.45) is 5.42. The average Bonchev–Trinajstić information content (AvgIpc) is 2.54. The van der Waals surface area contributed by atoms with E-state index in [0.29, 0.717) is 5.56 Å². The third-order valence-corrected chi connectivity index (χ3v) is 5.17. The molecule has 0 saturated heterocycles. The van der Waals surface area contributed by atoms with Crippen LogP contribution in [-0.2, 0) is 0 Å². The van der Waals surface area contributed by atoms with Gasteiger partial charge >= 0.3 is 0 Å². The average molecular weight is 342 g/mol. The Morgan fingerprint density at radius 2 is 1.87 bits per heavy atom. The summed E-state index contributed by atoms with van der Waals surface area (Å²) in [4.78, 5) is 1.11. The van der Waals surface area contributed by atoms with Crippen LogP contribution in [0.2, 0.25) is 0 Å². The Morgan fingerprint density at radius 1 is 1.22 bits per heavy atom. The lowest BCUT2D eigenvalue weighted by Crippen LogP contribution is -2.40. The van der Waals surface area contributed by atoms with Crippen molar-refractivity contribution < 1.29 is 15.3 Å². The summed E-state index contributed by atoms with van der Waals surface area (Å²) in [7, 11) is 0. The van der Waals surface area contributed by atoms with Crippen molar-refractivity contribution in [1.82, 2.24) is 0 Å². The van der Waals surface area contributed by atoms with E-state index in [0.717, 1.165) is 16.6 Å². The van der Waals surface area contributed by atoms with Gasteiger partial charge in [-0.3, -0.25) is 5.73 Å². The van der Waals surface area contributed by atoms with E-state index < -0.39 is 12.0 Å². The summed E-state index contributed by atoms with van der Waals surface area (Å²) in [6, 6.07) is 7.59. The molecule has 1 unspecified atom stereocenters. The molecule has 5 N–H and O–H groups in total. The number of aliphatic hydroxyl groups is 3. The summed E-state index contributed by atoms with van der Waals surface area (Å²) >= 11 is 1.81. The van der Waals surface area contributed by atoms with Crippen molar-refractivity contribution in [2.45, 2.75) is 69.3 Å². The van der Waals surface area contributed by atoms with E-state index in [4.69, 9.17) is 15.9 Å². The molecule has 0 radical (unpaired) electrons. The van der Waals surface area contributed by atoms with Crippen molar-refractivity contribution in [2.75, 3.05) is 5.75 Å². The van der Waals surface area contributed by atoms with Gasteiger partial charge in [-0.1, -0.05) is 45.2 Å². The highest BCUT2D eigenvalue weighted by Gasteiger charge is 2.23. The fourth-order valence-corrected chi connectivity index (χ4v) is 3.94. The lowest BCUT2D eigenvalue weighted by atomic mass is 9.91. The number of aliphatic hydroxyl groups excluding tert-OH is 1. The first-order valence-electron chi connectivity index (χ1n) is 8.58. The van der Waals surface area contributed by atoms with Crippen LogP contribution in [0, 0.1) is 5.92 Å². The molecule has 1 aromatic carbocycles. The van der Waals surface area contributed by atoms with Gasteiger partial charge in [0.15, 0.2) is 0 Å². The zero-order valence-corrected chi connectivity index (χ0v) is 15.1. The minimum absolute atomic E-state index is 0.302. The minimum atomic E-state index is -2.34. The molecule has 132 valence electrons. The van der Waals surface area contributed by atoms with E-state index in [1.54, 1.807) is 6.07 Å². The van der Waals surface area contributed by atoms with E-state index in [1.165, 1.54) is 32.1 Å². The van der Waals surface area contributed by atoms with Crippen molar-refractivity contribution in [2.24, 2.45) is 11.7 Å². The van der Waals surface area contributed by atoms with Crippen molar-refractivity contribution in [3.05, 3.63) is 29.8 Å². The smallest absolute Gasteiger partial charge is 0.222 e. The molecule has 0 bridgehead atoms. The largest absolute Gasteiger partial charge is 0.388 e. The van der Waals surface area contributed by atoms with Crippen LogP contribution in [0.15, 0.2) is 29.2 Å². The first-order chi connectivity index (χ1) is 10.9. The first-order valence-corrected chi connectivity index (χ1v) is 9.57. The molecule has 0 spiro atoms. The molecule has 0 heterocycles. The maximum atomic E-state index is 9.99. The molecule has 23 heavy (non-hydrogen) atoms. The molecule has 1 saturated carbocycles. The monoisotopic (exact) mass is 341 g/mol. The molecule has 1 fully saturated rings. The number of nitrogens with two attached hydrogens (primary N) is 1. The number of hydrogen-bond acceptors (Lipinski definition) is 5. The SMILES string of the molecule is CC.NC(O)(O)CC(O)c1cccc(SCC2CCCCC2)c1. The molecule has 1 aliphatic rings. The van der Waals surface area contributed by atoms with Gasteiger partial charge in [-0.2, -0.15) is 0 Å². The van der Waals surface area contributed by atoms with Crippen LogP contribution < -0.4 is 5.73 Å². The summed E-state index contributed by atoms with van der Waals surface area (Å²) in [5.41, 5.74) is 5.78. The number of thioether (sulfide) groups is 1. The maximum Gasteiger partial charge on any atom is 0.222 e. The van der Waals surface area contributed by atoms with E-state index >= 15 is 0 Å². The standard InChI is InChI=1S/C16H25NO3S.C2H6/c17-16(19,20)10-15(18)13-7-4-8-14(9-13)21-11-12-5-2-1-3-6-12;1-2/h4,7-9,12,15,18-20H,1-3,5-6,10-11,17H2;1-2H3. The Balaban J connectivity index is 0.00000127. The van der Waals surface area contributed by atoms with E-state index in [2.05, 4.69) is 0 Å². The first kappa shape index (κ1) is 20.5. The molecule has 0 aromatic heterocycles. The molecular formula is C18H31NO3S. The molecule has 1 aromatic rings. The number of rotatable bonds is 6. The van der Waals surface area contributed by atoms with Crippen LogP contribution in [0.5, 0.6) is 0 Å². The Morgan fingerprint density at radius 3 is 2.48 bits per heavy atom. The molecule has 0 amide bonds.